The number of thioether (sulfide) groups is 1. The van der Waals surface area contributed by atoms with E-state index in [1.165, 1.54) is 30.6 Å². The van der Waals surface area contributed by atoms with Gasteiger partial charge in [-0.1, -0.05) is 12.8 Å². The lowest BCUT2D eigenvalue weighted by Gasteiger charge is -2.24. The number of hydrogen-bond acceptors (Lipinski definition) is 2. The molecule has 1 aromatic carbocycles. The van der Waals surface area contributed by atoms with Gasteiger partial charge in [0.15, 0.2) is 0 Å². The fourth-order valence-corrected chi connectivity index (χ4v) is 2.94. The quantitative estimate of drug-likeness (QED) is 0.846. The number of anilines is 1. The second kappa shape index (κ2) is 6.14. The first-order valence-electron chi connectivity index (χ1n) is 6.41. The molecular weight excluding hydrogens is 244 g/mol. The summed E-state index contributed by atoms with van der Waals surface area (Å²) in [5, 5.41) is 0. The van der Waals surface area contributed by atoms with Crippen LogP contribution in [-0.2, 0) is 0 Å². The van der Waals surface area contributed by atoms with E-state index in [4.69, 9.17) is 5.73 Å². The highest BCUT2D eigenvalue weighted by Crippen LogP contribution is 2.28. The molecule has 0 heterocycles. The molecule has 0 bridgehead atoms. The minimum atomic E-state index is -0.348. The van der Waals surface area contributed by atoms with Crippen LogP contribution < -0.4 is 10.6 Å². The molecule has 2 rings (SSSR count). The Balaban J connectivity index is 2.10. The van der Waals surface area contributed by atoms with Crippen molar-refractivity contribution in [2.24, 2.45) is 11.7 Å². The van der Waals surface area contributed by atoms with E-state index in [-0.39, 0.29) is 6.03 Å². The Kier molecular flexibility index (Phi) is 4.53. The Labute approximate surface area is 113 Å². The van der Waals surface area contributed by atoms with Crippen LogP contribution in [0.25, 0.3) is 0 Å². The lowest BCUT2D eigenvalue weighted by Crippen LogP contribution is -2.38. The third kappa shape index (κ3) is 3.19. The van der Waals surface area contributed by atoms with Crippen LogP contribution in [0.4, 0.5) is 10.5 Å². The predicted molar refractivity (Wildman–Crippen MR) is 77.1 cm³/mol. The van der Waals surface area contributed by atoms with Crippen molar-refractivity contribution in [3.05, 3.63) is 24.3 Å². The second-order valence-corrected chi connectivity index (χ2v) is 5.68. The topological polar surface area (TPSA) is 46.3 Å². The molecule has 18 heavy (non-hydrogen) atoms. The Bertz CT molecular complexity index is 399. The van der Waals surface area contributed by atoms with Crippen molar-refractivity contribution in [2.75, 3.05) is 17.7 Å². The SMILES string of the molecule is CSc1ccc(N(CC2CCCC2)C(N)=O)cc1. The van der Waals surface area contributed by atoms with Gasteiger partial charge in [-0.15, -0.1) is 11.8 Å². The van der Waals surface area contributed by atoms with E-state index in [9.17, 15) is 4.79 Å². The van der Waals surface area contributed by atoms with E-state index in [0.29, 0.717) is 5.92 Å². The van der Waals surface area contributed by atoms with Crippen molar-refractivity contribution < 1.29 is 4.79 Å². The first kappa shape index (κ1) is 13.3. The molecule has 4 heteroatoms. The maximum absolute atomic E-state index is 11.6. The molecule has 98 valence electrons. The summed E-state index contributed by atoms with van der Waals surface area (Å²) in [7, 11) is 0. The maximum atomic E-state index is 11.6. The highest BCUT2D eigenvalue weighted by atomic mass is 32.2. The molecule has 2 amide bonds. The molecule has 1 fully saturated rings. The molecule has 1 saturated carbocycles. The van der Waals surface area contributed by atoms with Crippen LogP contribution in [0.15, 0.2) is 29.2 Å². The smallest absolute Gasteiger partial charge is 0.319 e. The highest BCUT2D eigenvalue weighted by Gasteiger charge is 2.21. The van der Waals surface area contributed by atoms with Crippen molar-refractivity contribution in [2.45, 2.75) is 30.6 Å². The number of rotatable bonds is 4. The molecular formula is C14H20N2OS. The normalized spacial score (nSPS) is 15.8. The van der Waals surface area contributed by atoms with Crippen molar-refractivity contribution in [3.8, 4) is 0 Å². The van der Waals surface area contributed by atoms with Gasteiger partial charge in [-0.3, -0.25) is 4.90 Å². The molecule has 0 aliphatic heterocycles. The summed E-state index contributed by atoms with van der Waals surface area (Å²) in [6, 6.07) is 7.67. The fraction of sp³-hybridized carbons (Fsp3) is 0.500. The van der Waals surface area contributed by atoms with E-state index >= 15 is 0 Å². The van der Waals surface area contributed by atoms with E-state index in [0.717, 1.165) is 12.2 Å². The second-order valence-electron chi connectivity index (χ2n) is 4.80. The van der Waals surface area contributed by atoms with Crippen LogP contribution in [0.5, 0.6) is 0 Å². The van der Waals surface area contributed by atoms with Crippen LogP contribution in [-0.4, -0.2) is 18.8 Å². The van der Waals surface area contributed by atoms with Gasteiger partial charge in [0, 0.05) is 17.1 Å². The molecule has 0 radical (unpaired) electrons. The molecule has 1 aromatic rings. The van der Waals surface area contributed by atoms with Gasteiger partial charge in [-0.2, -0.15) is 0 Å². The Hall–Kier alpha value is -1.16. The van der Waals surface area contributed by atoms with Crippen LogP contribution in [0, 0.1) is 5.92 Å². The average Bonchev–Trinajstić information content (AvgIpc) is 2.89. The summed E-state index contributed by atoms with van der Waals surface area (Å²) in [6.07, 6.45) is 7.03. The number of hydrogen-bond donors (Lipinski definition) is 1. The lowest BCUT2D eigenvalue weighted by atomic mass is 10.1. The largest absolute Gasteiger partial charge is 0.351 e. The molecule has 0 saturated heterocycles. The molecule has 1 aliphatic rings. The molecule has 0 aromatic heterocycles. The molecule has 1 aliphatic carbocycles. The summed E-state index contributed by atoms with van der Waals surface area (Å²) in [5.41, 5.74) is 6.41. The monoisotopic (exact) mass is 264 g/mol. The average molecular weight is 264 g/mol. The highest BCUT2D eigenvalue weighted by molar-refractivity contribution is 7.98. The summed E-state index contributed by atoms with van der Waals surface area (Å²) < 4.78 is 0. The van der Waals surface area contributed by atoms with Gasteiger partial charge < -0.3 is 5.73 Å². The first-order valence-corrected chi connectivity index (χ1v) is 7.64. The number of carbonyl (C=O) groups excluding carboxylic acids is 1. The zero-order valence-corrected chi connectivity index (χ0v) is 11.6. The summed E-state index contributed by atoms with van der Waals surface area (Å²) >= 11 is 1.70. The summed E-state index contributed by atoms with van der Waals surface area (Å²) in [5.74, 6) is 0.609. The third-order valence-electron chi connectivity index (χ3n) is 3.57. The number of nitrogens with two attached hydrogens (primary N) is 1. The fourth-order valence-electron chi connectivity index (χ4n) is 2.54. The number of urea groups is 1. The Morgan fingerprint density at radius 3 is 2.44 bits per heavy atom. The number of nitrogens with zero attached hydrogens (tertiary/aromatic N) is 1. The van der Waals surface area contributed by atoms with Crippen molar-refractivity contribution in [1.29, 1.82) is 0 Å². The van der Waals surface area contributed by atoms with Gasteiger partial charge in [0.2, 0.25) is 0 Å². The van der Waals surface area contributed by atoms with Gasteiger partial charge in [0.25, 0.3) is 0 Å². The van der Waals surface area contributed by atoms with Gasteiger partial charge in [-0.05, 0) is 49.3 Å². The van der Waals surface area contributed by atoms with Crippen molar-refractivity contribution in [3.63, 3.8) is 0 Å². The minimum Gasteiger partial charge on any atom is -0.351 e. The molecule has 0 atom stereocenters. The van der Waals surface area contributed by atoms with Gasteiger partial charge in [0.05, 0.1) is 0 Å². The van der Waals surface area contributed by atoms with Gasteiger partial charge >= 0.3 is 6.03 Å². The van der Waals surface area contributed by atoms with Crippen LogP contribution in [0.1, 0.15) is 25.7 Å². The van der Waals surface area contributed by atoms with Crippen LogP contribution in [0.2, 0.25) is 0 Å². The Morgan fingerprint density at radius 1 is 1.33 bits per heavy atom. The molecule has 2 N–H and O–H groups in total. The van der Waals surface area contributed by atoms with E-state index in [1.807, 2.05) is 30.5 Å². The summed E-state index contributed by atoms with van der Waals surface area (Å²) in [6.45, 7) is 0.758. The van der Waals surface area contributed by atoms with Crippen LogP contribution in [0.3, 0.4) is 0 Å². The number of amides is 2. The maximum Gasteiger partial charge on any atom is 0.319 e. The number of benzene rings is 1. The molecule has 0 unspecified atom stereocenters. The first-order chi connectivity index (χ1) is 8.70. The number of carbonyl (C=O) groups is 1. The van der Waals surface area contributed by atoms with E-state index in [1.54, 1.807) is 16.7 Å². The molecule has 3 nitrogen and oxygen atoms in total. The van der Waals surface area contributed by atoms with E-state index < -0.39 is 0 Å². The van der Waals surface area contributed by atoms with Crippen molar-refractivity contribution in [1.82, 2.24) is 0 Å². The third-order valence-corrected chi connectivity index (χ3v) is 4.31. The molecule has 0 spiro atoms. The standard InChI is InChI=1S/C14H20N2OS/c1-18-13-8-6-12(7-9-13)16(14(15)17)10-11-4-2-3-5-11/h6-9,11H,2-5,10H2,1H3,(H2,15,17). The predicted octanol–water partition coefficient (Wildman–Crippen LogP) is 3.48. The number of primary amides is 1. The van der Waals surface area contributed by atoms with Gasteiger partial charge in [-0.25, -0.2) is 4.79 Å². The zero-order valence-electron chi connectivity index (χ0n) is 10.8. The minimum absolute atomic E-state index is 0.348. The van der Waals surface area contributed by atoms with Gasteiger partial charge in [0.1, 0.15) is 0 Å². The zero-order chi connectivity index (χ0) is 13.0. The Morgan fingerprint density at radius 2 is 1.94 bits per heavy atom. The van der Waals surface area contributed by atoms with Crippen molar-refractivity contribution >= 4 is 23.5 Å². The lowest BCUT2D eigenvalue weighted by molar-refractivity contribution is 0.252. The summed E-state index contributed by atoms with van der Waals surface area (Å²) in [4.78, 5) is 14.5. The van der Waals surface area contributed by atoms with E-state index in [2.05, 4.69) is 0 Å². The van der Waals surface area contributed by atoms with Crippen LogP contribution >= 0.6 is 11.8 Å².